The average Bonchev–Trinajstić information content (AvgIpc) is 3.42. The molecule has 0 amide bonds. The highest BCUT2D eigenvalue weighted by Crippen LogP contribution is 2.37. The van der Waals surface area contributed by atoms with Crippen LogP contribution in [-0.2, 0) is 7.05 Å². The Labute approximate surface area is 192 Å². The largest absolute Gasteiger partial charge is 0.493 e. The molecule has 5 rings (SSSR count). The molecule has 3 N–H and O–H groups in total. The van der Waals surface area contributed by atoms with Crippen molar-refractivity contribution in [2.45, 2.75) is 13.0 Å². The first kappa shape index (κ1) is 21.4. The van der Waals surface area contributed by atoms with Gasteiger partial charge in [-0.3, -0.25) is 9.48 Å². The predicted octanol–water partition coefficient (Wildman–Crippen LogP) is 2.92. The zero-order valence-corrected chi connectivity index (χ0v) is 18.8. The SMILES string of the molecule is COc1cc2[nH]c(-c3c(N[C@@H](C)c4ncccn4)c4nn(C)cc4[nH]c3=O)nc2c(F)c1OC. The van der Waals surface area contributed by atoms with Crippen molar-refractivity contribution in [3.05, 3.63) is 52.7 Å². The number of halogens is 1. The van der Waals surface area contributed by atoms with Gasteiger partial charge in [0.15, 0.2) is 17.3 Å². The van der Waals surface area contributed by atoms with Crippen LogP contribution < -0.4 is 20.3 Å². The predicted molar refractivity (Wildman–Crippen MR) is 124 cm³/mol. The first-order valence-corrected chi connectivity index (χ1v) is 10.3. The molecule has 1 aromatic carbocycles. The fourth-order valence-electron chi connectivity index (χ4n) is 3.89. The lowest BCUT2D eigenvalue weighted by atomic mass is 10.1. The standard InChI is InChI=1S/C22H21FN8O3/c1-10(20-24-6-5-7-25-20)26-18-14(22(32)28-12-9-31(2)30-17(12)18)21-27-11-8-13(33-3)19(34-4)15(23)16(11)29-21/h5-10,26H,1-4H3,(H,27,29)(H,28,32)/t10-/m0/s1. The zero-order valence-electron chi connectivity index (χ0n) is 18.8. The number of imidazole rings is 1. The smallest absolute Gasteiger partial charge is 0.261 e. The van der Waals surface area contributed by atoms with Gasteiger partial charge in [0.05, 0.1) is 37.0 Å². The summed E-state index contributed by atoms with van der Waals surface area (Å²) in [7, 11) is 4.50. The molecule has 174 valence electrons. The Morgan fingerprint density at radius 3 is 2.59 bits per heavy atom. The maximum absolute atomic E-state index is 15.1. The fourth-order valence-corrected chi connectivity index (χ4v) is 3.89. The maximum Gasteiger partial charge on any atom is 0.261 e. The van der Waals surface area contributed by atoms with Gasteiger partial charge in [-0.1, -0.05) is 0 Å². The molecule has 0 bridgehead atoms. The summed E-state index contributed by atoms with van der Waals surface area (Å²) in [6.07, 6.45) is 4.97. The van der Waals surface area contributed by atoms with Crippen molar-refractivity contribution in [3.8, 4) is 22.9 Å². The van der Waals surface area contributed by atoms with Gasteiger partial charge >= 0.3 is 0 Å². The second-order valence-corrected chi connectivity index (χ2v) is 7.65. The number of aromatic nitrogens is 7. The lowest BCUT2D eigenvalue weighted by Crippen LogP contribution is -2.17. The topological polar surface area (TPSA) is 136 Å². The summed E-state index contributed by atoms with van der Waals surface area (Å²) in [5.41, 5.74) is 1.55. The minimum Gasteiger partial charge on any atom is -0.493 e. The van der Waals surface area contributed by atoms with Gasteiger partial charge in [0, 0.05) is 31.7 Å². The van der Waals surface area contributed by atoms with E-state index in [1.165, 1.54) is 14.2 Å². The second-order valence-electron chi connectivity index (χ2n) is 7.65. The molecule has 4 aromatic heterocycles. The number of aryl methyl sites for hydroxylation is 1. The second kappa shape index (κ2) is 8.14. The monoisotopic (exact) mass is 464 g/mol. The van der Waals surface area contributed by atoms with Gasteiger partial charge in [-0.05, 0) is 13.0 Å². The van der Waals surface area contributed by atoms with Crippen LogP contribution in [0.2, 0.25) is 0 Å². The molecule has 11 nitrogen and oxygen atoms in total. The van der Waals surface area contributed by atoms with Crippen molar-refractivity contribution < 1.29 is 13.9 Å². The highest BCUT2D eigenvalue weighted by atomic mass is 19.1. The van der Waals surface area contributed by atoms with E-state index in [-0.39, 0.29) is 34.4 Å². The number of hydrogen-bond acceptors (Lipinski definition) is 8. The summed E-state index contributed by atoms with van der Waals surface area (Å²) in [5.74, 6) is 0.111. The number of anilines is 1. The summed E-state index contributed by atoms with van der Waals surface area (Å²) in [6, 6.07) is 2.92. The van der Waals surface area contributed by atoms with Gasteiger partial charge in [0.2, 0.25) is 0 Å². The van der Waals surface area contributed by atoms with Crippen molar-refractivity contribution in [2.24, 2.45) is 7.05 Å². The van der Waals surface area contributed by atoms with Crippen LogP contribution in [-0.4, -0.2) is 48.9 Å². The Balaban J connectivity index is 1.74. The molecule has 0 aliphatic heterocycles. The molecule has 34 heavy (non-hydrogen) atoms. The number of methoxy groups -OCH3 is 2. The van der Waals surface area contributed by atoms with Crippen LogP contribution in [0.1, 0.15) is 18.8 Å². The van der Waals surface area contributed by atoms with E-state index in [4.69, 9.17) is 9.47 Å². The van der Waals surface area contributed by atoms with E-state index < -0.39 is 11.4 Å². The Morgan fingerprint density at radius 2 is 1.88 bits per heavy atom. The first-order chi connectivity index (χ1) is 16.4. The normalized spacial score (nSPS) is 12.3. The molecule has 0 aliphatic rings. The molecule has 0 radical (unpaired) electrons. The van der Waals surface area contributed by atoms with Gasteiger partial charge in [0.25, 0.3) is 5.56 Å². The molecular formula is C22H21FN8O3. The summed E-state index contributed by atoms with van der Waals surface area (Å²) in [5, 5.41) is 7.80. The van der Waals surface area contributed by atoms with Crippen LogP contribution in [0.15, 0.2) is 35.5 Å². The molecule has 1 atom stereocenters. The van der Waals surface area contributed by atoms with E-state index >= 15 is 4.39 Å². The van der Waals surface area contributed by atoms with Gasteiger partial charge in [0.1, 0.15) is 28.2 Å². The highest BCUT2D eigenvalue weighted by Gasteiger charge is 2.24. The quantitative estimate of drug-likeness (QED) is 0.349. The third-order valence-electron chi connectivity index (χ3n) is 5.42. The third kappa shape index (κ3) is 3.39. The summed E-state index contributed by atoms with van der Waals surface area (Å²) in [4.78, 5) is 32.0. The number of rotatable bonds is 6. The molecule has 0 aliphatic carbocycles. The summed E-state index contributed by atoms with van der Waals surface area (Å²) >= 11 is 0. The molecule has 0 saturated carbocycles. The summed E-state index contributed by atoms with van der Waals surface area (Å²) in [6.45, 7) is 1.86. The van der Waals surface area contributed by atoms with E-state index in [1.54, 1.807) is 42.5 Å². The molecule has 0 spiro atoms. The van der Waals surface area contributed by atoms with Crippen molar-refractivity contribution in [1.82, 2.24) is 34.7 Å². The fraction of sp³-hybridized carbons (Fsp3) is 0.227. The van der Waals surface area contributed by atoms with Gasteiger partial charge in [-0.25, -0.2) is 19.3 Å². The zero-order chi connectivity index (χ0) is 24.0. The van der Waals surface area contributed by atoms with E-state index in [0.29, 0.717) is 28.1 Å². The third-order valence-corrected chi connectivity index (χ3v) is 5.42. The molecular weight excluding hydrogens is 443 g/mol. The lowest BCUT2D eigenvalue weighted by Gasteiger charge is -2.16. The number of pyridine rings is 1. The number of hydrogen-bond donors (Lipinski definition) is 3. The van der Waals surface area contributed by atoms with Gasteiger partial charge in [-0.15, -0.1) is 0 Å². The Hall–Kier alpha value is -4.48. The number of aromatic amines is 2. The van der Waals surface area contributed by atoms with Gasteiger partial charge < -0.3 is 24.8 Å². The minimum atomic E-state index is -0.699. The average molecular weight is 464 g/mol. The highest BCUT2D eigenvalue weighted by molar-refractivity contribution is 5.97. The number of nitrogens with zero attached hydrogens (tertiary/aromatic N) is 5. The molecule has 0 fully saturated rings. The van der Waals surface area contributed by atoms with E-state index in [0.717, 1.165) is 0 Å². The Morgan fingerprint density at radius 1 is 1.12 bits per heavy atom. The van der Waals surface area contributed by atoms with Crippen molar-refractivity contribution in [1.29, 1.82) is 0 Å². The van der Waals surface area contributed by atoms with Gasteiger partial charge in [-0.2, -0.15) is 5.10 Å². The van der Waals surface area contributed by atoms with Crippen LogP contribution >= 0.6 is 0 Å². The Kier molecular flexibility index (Phi) is 5.11. The molecule has 0 saturated heterocycles. The van der Waals surface area contributed by atoms with Crippen LogP contribution in [0.3, 0.4) is 0 Å². The number of ether oxygens (including phenoxy) is 2. The van der Waals surface area contributed by atoms with Crippen LogP contribution in [0.4, 0.5) is 10.1 Å². The first-order valence-electron chi connectivity index (χ1n) is 10.3. The van der Waals surface area contributed by atoms with E-state index in [1.807, 2.05) is 6.92 Å². The van der Waals surface area contributed by atoms with E-state index in [2.05, 4.69) is 35.3 Å². The number of fused-ring (bicyclic) bond motifs is 2. The Bertz CT molecular complexity index is 1570. The van der Waals surface area contributed by atoms with Crippen molar-refractivity contribution >= 4 is 27.8 Å². The number of H-pyrrole nitrogens is 2. The van der Waals surface area contributed by atoms with E-state index in [9.17, 15) is 4.79 Å². The van der Waals surface area contributed by atoms with Crippen LogP contribution in [0.5, 0.6) is 11.5 Å². The lowest BCUT2D eigenvalue weighted by molar-refractivity contribution is 0.339. The van der Waals surface area contributed by atoms with Crippen molar-refractivity contribution in [2.75, 3.05) is 19.5 Å². The number of benzene rings is 1. The number of nitrogens with one attached hydrogen (secondary N) is 3. The molecule has 4 heterocycles. The molecule has 12 heteroatoms. The van der Waals surface area contributed by atoms with Crippen LogP contribution in [0.25, 0.3) is 33.5 Å². The molecule has 5 aromatic rings. The van der Waals surface area contributed by atoms with Crippen LogP contribution in [0, 0.1) is 5.82 Å². The summed E-state index contributed by atoms with van der Waals surface area (Å²) < 4.78 is 27.1. The van der Waals surface area contributed by atoms with Crippen molar-refractivity contribution in [3.63, 3.8) is 0 Å². The maximum atomic E-state index is 15.1. The molecule has 0 unspecified atom stereocenters. The minimum absolute atomic E-state index is 0.0126.